The topological polar surface area (TPSA) is 78.4 Å². The number of rotatable bonds is 4. The van der Waals surface area contributed by atoms with Gasteiger partial charge in [0.2, 0.25) is 0 Å². The number of aliphatic hydroxyl groups excluding tert-OH is 1. The van der Waals surface area contributed by atoms with Crippen LogP contribution in [0.3, 0.4) is 0 Å². The van der Waals surface area contributed by atoms with Crippen molar-refractivity contribution in [1.82, 2.24) is 5.32 Å². The van der Waals surface area contributed by atoms with Gasteiger partial charge in [-0.15, -0.1) is 0 Å². The standard InChI is InChI=1S/C13H14Cl2N2O3/c14-8-2-1-3-9(10(8)15)17-12(20)11(19)16-6-13(7-18)4-5-13/h1-3,18H,4-7H2,(H,16,19)(H,17,20). The Bertz CT molecular complexity index is 544. The Morgan fingerprint density at radius 2 is 1.95 bits per heavy atom. The molecule has 0 heterocycles. The Morgan fingerprint density at radius 1 is 1.25 bits per heavy atom. The maximum atomic E-state index is 11.7. The fourth-order valence-electron chi connectivity index (χ4n) is 1.70. The Balaban J connectivity index is 1.91. The molecule has 1 fully saturated rings. The molecule has 1 aliphatic carbocycles. The average Bonchev–Trinajstić information content (AvgIpc) is 3.22. The molecule has 0 bridgehead atoms. The van der Waals surface area contributed by atoms with Crippen molar-refractivity contribution in [3.63, 3.8) is 0 Å². The highest BCUT2D eigenvalue weighted by Crippen LogP contribution is 2.44. The minimum absolute atomic E-state index is 0.00895. The summed E-state index contributed by atoms with van der Waals surface area (Å²) in [6.45, 7) is 0.300. The predicted molar refractivity (Wildman–Crippen MR) is 76.9 cm³/mol. The number of nitrogens with one attached hydrogen (secondary N) is 2. The molecule has 1 saturated carbocycles. The molecule has 2 amide bonds. The van der Waals surface area contributed by atoms with E-state index in [0.29, 0.717) is 11.6 Å². The lowest BCUT2D eigenvalue weighted by Crippen LogP contribution is -2.39. The van der Waals surface area contributed by atoms with E-state index in [2.05, 4.69) is 10.6 Å². The van der Waals surface area contributed by atoms with Gasteiger partial charge in [0.15, 0.2) is 0 Å². The Hall–Kier alpha value is -1.30. The summed E-state index contributed by atoms with van der Waals surface area (Å²) in [6, 6.07) is 4.75. The first-order valence-electron chi connectivity index (χ1n) is 6.11. The first-order valence-corrected chi connectivity index (χ1v) is 6.87. The van der Waals surface area contributed by atoms with Crippen LogP contribution in [-0.4, -0.2) is 30.1 Å². The number of carbonyl (C=O) groups excluding carboxylic acids is 2. The summed E-state index contributed by atoms with van der Waals surface area (Å²) in [5, 5.41) is 14.5. The highest BCUT2D eigenvalue weighted by molar-refractivity contribution is 6.45. The summed E-state index contributed by atoms with van der Waals surface area (Å²) in [5.41, 5.74) is 0.0338. The number of halogens is 2. The zero-order valence-corrected chi connectivity index (χ0v) is 12.1. The number of hydrogen-bond donors (Lipinski definition) is 3. The van der Waals surface area contributed by atoms with Crippen LogP contribution < -0.4 is 10.6 Å². The average molecular weight is 317 g/mol. The Labute approximate surface area is 126 Å². The van der Waals surface area contributed by atoms with Crippen LogP contribution in [0.2, 0.25) is 10.0 Å². The first kappa shape index (κ1) is 15.1. The highest BCUT2D eigenvalue weighted by atomic mass is 35.5. The van der Waals surface area contributed by atoms with Gasteiger partial charge in [0, 0.05) is 12.0 Å². The van der Waals surface area contributed by atoms with Gasteiger partial charge in [-0.2, -0.15) is 0 Å². The molecule has 7 heteroatoms. The van der Waals surface area contributed by atoms with Crippen molar-refractivity contribution in [3.8, 4) is 0 Å². The number of amides is 2. The molecule has 0 aliphatic heterocycles. The van der Waals surface area contributed by atoms with E-state index in [9.17, 15) is 9.59 Å². The molecule has 1 aromatic carbocycles. The number of aliphatic hydroxyl groups is 1. The smallest absolute Gasteiger partial charge is 0.313 e. The van der Waals surface area contributed by atoms with Gasteiger partial charge in [0.05, 0.1) is 22.3 Å². The van der Waals surface area contributed by atoms with Crippen LogP contribution in [0.1, 0.15) is 12.8 Å². The second-order valence-corrected chi connectivity index (χ2v) is 5.68. The monoisotopic (exact) mass is 316 g/mol. The summed E-state index contributed by atoms with van der Waals surface area (Å²) in [5.74, 6) is -1.58. The van der Waals surface area contributed by atoms with Gasteiger partial charge in [-0.3, -0.25) is 9.59 Å². The van der Waals surface area contributed by atoms with Crippen LogP contribution in [0, 0.1) is 5.41 Å². The second kappa shape index (κ2) is 5.99. The molecule has 1 aliphatic rings. The normalized spacial score (nSPS) is 15.6. The number of anilines is 1. The van der Waals surface area contributed by atoms with Gasteiger partial charge in [0.25, 0.3) is 0 Å². The third-order valence-electron chi connectivity index (χ3n) is 3.32. The quantitative estimate of drug-likeness (QED) is 0.741. The van der Waals surface area contributed by atoms with E-state index in [1.165, 1.54) is 0 Å². The van der Waals surface area contributed by atoms with E-state index in [4.69, 9.17) is 28.3 Å². The van der Waals surface area contributed by atoms with Crippen LogP contribution >= 0.6 is 23.2 Å². The SMILES string of the molecule is O=C(NCC1(CO)CC1)C(=O)Nc1cccc(Cl)c1Cl. The van der Waals surface area contributed by atoms with E-state index in [-0.39, 0.29) is 22.7 Å². The minimum Gasteiger partial charge on any atom is -0.396 e. The first-order chi connectivity index (χ1) is 9.47. The fraction of sp³-hybridized carbons (Fsp3) is 0.385. The predicted octanol–water partition coefficient (Wildman–Crippen LogP) is 1.82. The molecule has 20 heavy (non-hydrogen) atoms. The third kappa shape index (κ3) is 3.42. The van der Waals surface area contributed by atoms with Crippen molar-refractivity contribution >= 4 is 40.7 Å². The summed E-state index contributed by atoms with van der Waals surface area (Å²) in [4.78, 5) is 23.4. The van der Waals surface area contributed by atoms with E-state index >= 15 is 0 Å². The van der Waals surface area contributed by atoms with Crippen LogP contribution in [0.4, 0.5) is 5.69 Å². The van der Waals surface area contributed by atoms with Crippen LogP contribution in [0.15, 0.2) is 18.2 Å². The van der Waals surface area contributed by atoms with Gasteiger partial charge in [0.1, 0.15) is 0 Å². The molecule has 0 radical (unpaired) electrons. The fourth-order valence-corrected chi connectivity index (χ4v) is 2.04. The van der Waals surface area contributed by atoms with Gasteiger partial charge < -0.3 is 15.7 Å². The van der Waals surface area contributed by atoms with Crippen molar-refractivity contribution in [3.05, 3.63) is 28.2 Å². The molecule has 0 atom stereocenters. The summed E-state index contributed by atoms with van der Waals surface area (Å²) in [7, 11) is 0. The van der Waals surface area contributed by atoms with Gasteiger partial charge in [-0.25, -0.2) is 0 Å². The second-order valence-electron chi connectivity index (χ2n) is 4.90. The zero-order valence-electron chi connectivity index (χ0n) is 10.6. The summed E-state index contributed by atoms with van der Waals surface area (Å²) < 4.78 is 0. The molecular formula is C13H14Cl2N2O3. The van der Waals surface area contributed by atoms with E-state index < -0.39 is 11.8 Å². The van der Waals surface area contributed by atoms with Crippen molar-refractivity contribution < 1.29 is 14.7 Å². The third-order valence-corrected chi connectivity index (χ3v) is 4.14. The Morgan fingerprint density at radius 3 is 2.55 bits per heavy atom. The van der Waals surface area contributed by atoms with Gasteiger partial charge in [-0.05, 0) is 25.0 Å². The molecule has 3 N–H and O–H groups in total. The molecule has 0 unspecified atom stereocenters. The van der Waals surface area contributed by atoms with Gasteiger partial charge in [-0.1, -0.05) is 29.3 Å². The van der Waals surface area contributed by atoms with Crippen molar-refractivity contribution in [1.29, 1.82) is 0 Å². The zero-order chi connectivity index (χ0) is 14.8. The van der Waals surface area contributed by atoms with Crippen molar-refractivity contribution in [2.75, 3.05) is 18.5 Å². The Kier molecular flexibility index (Phi) is 4.52. The van der Waals surface area contributed by atoms with Crippen LogP contribution in [0.5, 0.6) is 0 Å². The highest BCUT2D eigenvalue weighted by Gasteiger charge is 2.42. The molecule has 5 nitrogen and oxygen atoms in total. The van der Waals surface area contributed by atoms with Crippen molar-refractivity contribution in [2.24, 2.45) is 5.41 Å². The van der Waals surface area contributed by atoms with E-state index in [1.807, 2.05) is 0 Å². The van der Waals surface area contributed by atoms with Crippen LogP contribution in [-0.2, 0) is 9.59 Å². The number of carbonyl (C=O) groups is 2. The number of hydrogen-bond acceptors (Lipinski definition) is 3. The summed E-state index contributed by atoms with van der Waals surface area (Å²) >= 11 is 11.7. The minimum atomic E-state index is -0.817. The lowest BCUT2D eigenvalue weighted by molar-refractivity contribution is -0.136. The number of benzene rings is 1. The van der Waals surface area contributed by atoms with E-state index in [0.717, 1.165) is 12.8 Å². The van der Waals surface area contributed by atoms with Crippen LogP contribution in [0.25, 0.3) is 0 Å². The molecule has 1 aromatic rings. The lowest BCUT2D eigenvalue weighted by atomic mass is 10.1. The molecule has 108 valence electrons. The maximum Gasteiger partial charge on any atom is 0.313 e. The summed E-state index contributed by atoms with van der Waals surface area (Å²) in [6.07, 6.45) is 1.71. The molecule has 0 aromatic heterocycles. The maximum absolute atomic E-state index is 11.7. The van der Waals surface area contributed by atoms with Gasteiger partial charge >= 0.3 is 11.8 Å². The van der Waals surface area contributed by atoms with E-state index in [1.54, 1.807) is 18.2 Å². The van der Waals surface area contributed by atoms with Crippen molar-refractivity contribution in [2.45, 2.75) is 12.8 Å². The molecule has 0 saturated heterocycles. The molecular weight excluding hydrogens is 303 g/mol. The molecule has 2 rings (SSSR count). The lowest BCUT2D eigenvalue weighted by Gasteiger charge is -2.13. The molecule has 0 spiro atoms. The largest absolute Gasteiger partial charge is 0.396 e.